The lowest BCUT2D eigenvalue weighted by Gasteiger charge is -2.09. The first-order valence-electron chi connectivity index (χ1n) is 6.14. The lowest BCUT2D eigenvalue weighted by molar-refractivity contribution is 0.628. The van der Waals surface area contributed by atoms with Crippen molar-refractivity contribution in [2.45, 2.75) is 26.3 Å². The van der Waals surface area contributed by atoms with Crippen molar-refractivity contribution >= 4 is 11.9 Å². The minimum Gasteiger partial charge on any atom is -0.357 e. The molecule has 0 radical (unpaired) electrons. The van der Waals surface area contributed by atoms with Crippen LogP contribution in [0.1, 0.15) is 20.3 Å². The Labute approximate surface area is 110 Å². The molecular formula is C11H16N8. The van der Waals surface area contributed by atoms with E-state index in [9.17, 15) is 0 Å². The van der Waals surface area contributed by atoms with Gasteiger partial charge in [0.1, 0.15) is 12.7 Å². The van der Waals surface area contributed by atoms with Crippen LogP contribution in [0.15, 0.2) is 12.7 Å². The topological polar surface area (TPSA) is 93.4 Å². The molecule has 2 heterocycles. The summed E-state index contributed by atoms with van der Waals surface area (Å²) in [7, 11) is 1.77. The third-order valence-corrected chi connectivity index (χ3v) is 3.29. The predicted molar refractivity (Wildman–Crippen MR) is 70.1 cm³/mol. The minimum atomic E-state index is 0.305. The van der Waals surface area contributed by atoms with Crippen molar-refractivity contribution in [1.82, 2.24) is 29.7 Å². The van der Waals surface area contributed by atoms with Gasteiger partial charge in [0, 0.05) is 13.1 Å². The fourth-order valence-electron chi connectivity index (χ4n) is 1.82. The van der Waals surface area contributed by atoms with Gasteiger partial charge in [0.25, 0.3) is 5.95 Å². The Morgan fingerprint density at radius 3 is 2.58 bits per heavy atom. The number of nitrogens with one attached hydrogen (secondary N) is 2. The Kier molecular flexibility index (Phi) is 2.58. The van der Waals surface area contributed by atoms with Crippen LogP contribution in [0.4, 0.5) is 11.9 Å². The van der Waals surface area contributed by atoms with Gasteiger partial charge in [0.05, 0.1) is 0 Å². The maximum atomic E-state index is 4.36. The molecule has 0 aromatic carbocycles. The first-order valence-corrected chi connectivity index (χ1v) is 6.14. The molecule has 0 saturated heterocycles. The summed E-state index contributed by atoms with van der Waals surface area (Å²) < 4.78 is 1.51. The number of hydrogen-bond acceptors (Lipinski definition) is 7. The predicted octanol–water partition coefficient (Wildman–Crippen LogP) is 0.704. The quantitative estimate of drug-likeness (QED) is 0.835. The number of nitrogens with zero attached hydrogens (tertiary/aromatic N) is 6. The number of hydrogen-bond donors (Lipinski definition) is 2. The molecule has 100 valence electrons. The van der Waals surface area contributed by atoms with E-state index in [0.717, 1.165) is 6.42 Å². The third-order valence-electron chi connectivity index (χ3n) is 3.29. The standard InChI is InChI=1S/C11H16N8/c1-11(2)4-7(11)15-9-16-8(12-3)17-10(18-9)19-6-13-5-14-19/h5-7H,4H2,1-3H3,(H2,12,15,16,17,18). The van der Waals surface area contributed by atoms with Crippen LogP contribution < -0.4 is 10.6 Å². The van der Waals surface area contributed by atoms with Gasteiger partial charge in [-0.1, -0.05) is 13.8 Å². The van der Waals surface area contributed by atoms with Crippen molar-refractivity contribution in [2.75, 3.05) is 17.7 Å². The molecule has 0 bridgehead atoms. The van der Waals surface area contributed by atoms with E-state index in [-0.39, 0.29) is 0 Å². The van der Waals surface area contributed by atoms with E-state index in [2.05, 4.69) is 49.5 Å². The lowest BCUT2D eigenvalue weighted by Crippen LogP contribution is -2.15. The Hall–Kier alpha value is -2.25. The zero-order chi connectivity index (χ0) is 13.5. The van der Waals surface area contributed by atoms with Crippen LogP contribution in [0.25, 0.3) is 5.95 Å². The molecule has 8 heteroatoms. The number of anilines is 2. The van der Waals surface area contributed by atoms with Crippen molar-refractivity contribution in [3.05, 3.63) is 12.7 Å². The average Bonchev–Trinajstić information content (AvgIpc) is 2.85. The van der Waals surface area contributed by atoms with Crippen LogP contribution in [0, 0.1) is 5.41 Å². The molecule has 1 atom stereocenters. The highest BCUT2D eigenvalue weighted by atomic mass is 15.4. The van der Waals surface area contributed by atoms with Crippen molar-refractivity contribution in [3.63, 3.8) is 0 Å². The van der Waals surface area contributed by atoms with Gasteiger partial charge in [-0.15, -0.1) is 0 Å². The van der Waals surface area contributed by atoms with Gasteiger partial charge in [-0.2, -0.15) is 24.7 Å². The molecule has 8 nitrogen and oxygen atoms in total. The molecule has 1 aliphatic carbocycles. The molecule has 0 amide bonds. The van der Waals surface area contributed by atoms with Crippen molar-refractivity contribution in [3.8, 4) is 5.95 Å². The van der Waals surface area contributed by atoms with Gasteiger partial charge in [-0.3, -0.25) is 0 Å². The third kappa shape index (κ3) is 2.33. The molecule has 1 unspecified atom stereocenters. The van der Waals surface area contributed by atoms with E-state index >= 15 is 0 Å². The SMILES string of the molecule is CNc1nc(NC2CC2(C)C)nc(-n2cncn2)n1. The highest BCUT2D eigenvalue weighted by molar-refractivity contribution is 5.39. The molecule has 2 aromatic heterocycles. The van der Waals surface area contributed by atoms with Crippen LogP contribution in [0.5, 0.6) is 0 Å². The molecule has 1 saturated carbocycles. The molecule has 1 fully saturated rings. The summed E-state index contributed by atoms with van der Waals surface area (Å²) in [5.41, 5.74) is 0.305. The van der Waals surface area contributed by atoms with E-state index in [4.69, 9.17) is 0 Å². The molecule has 0 spiro atoms. The highest BCUT2D eigenvalue weighted by Crippen LogP contribution is 2.46. The summed E-state index contributed by atoms with van der Waals surface area (Å²) in [4.78, 5) is 16.8. The van der Waals surface area contributed by atoms with E-state index in [1.807, 2.05) is 0 Å². The van der Waals surface area contributed by atoms with Crippen LogP contribution in [-0.2, 0) is 0 Å². The second-order valence-corrected chi connectivity index (χ2v) is 5.26. The molecule has 3 rings (SSSR count). The van der Waals surface area contributed by atoms with Gasteiger partial charge in [0.2, 0.25) is 11.9 Å². The maximum Gasteiger partial charge on any atom is 0.258 e. The Morgan fingerprint density at radius 2 is 2.00 bits per heavy atom. The summed E-state index contributed by atoms with van der Waals surface area (Å²) >= 11 is 0. The van der Waals surface area contributed by atoms with Crippen molar-refractivity contribution in [2.24, 2.45) is 5.41 Å². The molecule has 19 heavy (non-hydrogen) atoms. The fourth-order valence-corrected chi connectivity index (χ4v) is 1.82. The van der Waals surface area contributed by atoms with Crippen LogP contribution in [0.2, 0.25) is 0 Å². The van der Waals surface area contributed by atoms with Gasteiger partial charge in [-0.25, -0.2) is 4.98 Å². The summed E-state index contributed by atoms with van der Waals surface area (Å²) in [6.45, 7) is 4.42. The largest absolute Gasteiger partial charge is 0.357 e. The summed E-state index contributed by atoms with van der Waals surface area (Å²) in [6.07, 6.45) is 4.12. The second-order valence-electron chi connectivity index (χ2n) is 5.26. The molecule has 0 aliphatic heterocycles. The molecular weight excluding hydrogens is 244 g/mol. The van der Waals surface area contributed by atoms with Gasteiger partial charge in [-0.05, 0) is 11.8 Å². The van der Waals surface area contributed by atoms with Crippen molar-refractivity contribution < 1.29 is 0 Å². The zero-order valence-electron chi connectivity index (χ0n) is 11.1. The summed E-state index contributed by atoms with van der Waals surface area (Å²) in [6, 6.07) is 0.406. The molecule has 2 aromatic rings. The summed E-state index contributed by atoms with van der Waals surface area (Å²) in [5, 5.41) is 10.3. The van der Waals surface area contributed by atoms with E-state index in [1.165, 1.54) is 11.0 Å². The molecule has 2 N–H and O–H groups in total. The van der Waals surface area contributed by atoms with Crippen LogP contribution in [0.3, 0.4) is 0 Å². The van der Waals surface area contributed by atoms with Crippen LogP contribution >= 0.6 is 0 Å². The Morgan fingerprint density at radius 1 is 1.26 bits per heavy atom. The first kappa shape index (κ1) is 11.8. The highest BCUT2D eigenvalue weighted by Gasteiger charge is 2.46. The Bertz CT molecular complexity index is 576. The van der Waals surface area contributed by atoms with E-state index < -0.39 is 0 Å². The smallest absolute Gasteiger partial charge is 0.258 e. The minimum absolute atomic E-state index is 0.305. The van der Waals surface area contributed by atoms with E-state index in [0.29, 0.717) is 29.3 Å². The first-order chi connectivity index (χ1) is 9.08. The van der Waals surface area contributed by atoms with E-state index in [1.54, 1.807) is 13.4 Å². The number of rotatable bonds is 4. The summed E-state index contributed by atoms with van der Waals surface area (Å²) in [5.74, 6) is 1.50. The van der Waals surface area contributed by atoms with Gasteiger partial charge >= 0.3 is 0 Å². The van der Waals surface area contributed by atoms with Gasteiger partial charge in [0.15, 0.2) is 0 Å². The van der Waals surface area contributed by atoms with Crippen molar-refractivity contribution in [1.29, 1.82) is 0 Å². The fraction of sp³-hybridized carbons (Fsp3) is 0.545. The molecule has 1 aliphatic rings. The monoisotopic (exact) mass is 260 g/mol. The zero-order valence-corrected chi connectivity index (χ0v) is 11.1. The Balaban J connectivity index is 1.89. The lowest BCUT2D eigenvalue weighted by atomic mass is 10.2. The normalized spacial score (nSPS) is 20.1. The maximum absolute atomic E-state index is 4.36. The van der Waals surface area contributed by atoms with Gasteiger partial charge < -0.3 is 10.6 Å². The average molecular weight is 260 g/mol. The number of aromatic nitrogens is 6. The van der Waals surface area contributed by atoms with Crippen LogP contribution in [-0.4, -0.2) is 42.8 Å². The second kappa shape index (κ2) is 4.15.